The molecule has 0 saturated carbocycles. The molecule has 4 rings (SSSR count). The molecule has 0 unspecified atom stereocenters. The molecule has 2 heterocycles. The van der Waals surface area contributed by atoms with Crippen molar-refractivity contribution in [1.82, 2.24) is 14.5 Å². The van der Waals surface area contributed by atoms with Crippen molar-refractivity contribution in [3.05, 3.63) is 75.6 Å². The maximum atomic E-state index is 13.5. The lowest BCUT2D eigenvalue weighted by Gasteiger charge is -2.32. The van der Waals surface area contributed by atoms with Crippen molar-refractivity contribution < 1.29 is 9.18 Å². The second kappa shape index (κ2) is 8.38. The van der Waals surface area contributed by atoms with Gasteiger partial charge in [-0.1, -0.05) is 29.8 Å². The highest BCUT2D eigenvalue weighted by Crippen LogP contribution is 2.21. The number of carbonyl (C=O) groups excluding carboxylic acids is 1. The fraction of sp³-hybridized carbons (Fsp3) is 0.375. The van der Waals surface area contributed by atoms with E-state index in [2.05, 4.69) is 11.1 Å². The molecule has 1 aliphatic rings. The van der Waals surface area contributed by atoms with Crippen molar-refractivity contribution in [2.24, 2.45) is 5.92 Å². The van der Waals surface area contributed by atoms with Gasteiger partial charge in [-0.15, -0.1) is 0 Å². The van der Waals surface area contributed by atoms with Crippen molar-refractivity contribution in [2.45, 2.75) is 39.7 Å². The summed E-state index contributed by atoms with van der Waals surface area (Å²) in [6.45, 7) is 5.79. The first-order valence-corrected chi connectivity index (χ1v) is 10.4. The highest BCUT2D eigenvalue weighted by atomic mass is 19.1. The topological polar surface area (TPSA) is 55.2 Å². The molecule has 0 spiro atoms. The molecule has 5 nitrogen and oxygen atoms in total. The Hall–Kier alpha value is -3.02. The number of benzene rings is 2. The van der Waals surface area contributed by atoms with Crippen molar-refractivity contribution in [3.63, 3.8) is 0 Å². The van der Waals surface area contributed by atoms with E-state index in [1.807, 2.05) is 30.0 Å². The third-order valence-corrected chi connectivity index (χ3v) is 5.95. The largest absolute Gasteiger partial charge is 0.342 e. The SMILES string of the molecule is Cc1cccc(CC(=O)N2CCC(Cn3c(C)nc4cc(F)ccc4c3=O)CC2)c1. The van der Waals surface area contributed by atoms with Crippen LogP contribution < -0.4 is 5.56 Å². The maximum Gasteiger partial charge on any atom is 0.261 e. The van der Waals surface area contributed by atoms with Gasteiger partial charge in [0, 0.05) is 25.7 Å². The second-order valence-electron chi connectivity index (χ2n) is 8.23. The van der Waals surface area contributed by atoms with E-state index in [4.69, 9.17) is 0 Å². The summed E-state index contributed by atoms with van der Waals surface area (Å²) in [6.07, 6.45) is 2.13. The van der Waals surface area contributed by atoms with Crippen LogP contribution in [0.25, 0.3) is 10.9 Å². The van der Waals surface area contributed by atoms with Gasteiger partial charge in [0.1, 0.15) is 11.6 Å². The first-order chi connectivity index (χ1) is 14.4. The van der Waals surface area contributed by atoms with Crippen LogP contribution in [0.5, 0.6) is 0 Å². The van der Waals surface area contributed by atoms with Gasteiger partial charge in [-0.25, -0.2) is 9.37 Å². The molecule has 1 fully saturated rings. The number of amides is 1. The molecule has 0 atom stereocenters. The molecule has 30 heavy (non-hydrogen) atoms. The summed E-state index contributed by atoms with van der Waals surface area (Å²) in [7, 11) is 0. The number of hydrogen-bond acceptors (Lipinski definition) is 3. The third-order valence-electron chi connectivity index (χ3n) is 5.95. The summed E-state index contributed by atoms with van der Waals surface area (Å²) >= 11 is 0. The van der Waals surface area contributed by atoms with Gasteiger partial charge in [-0.3, -0.25) is 14.2 Å². The van der Waals surface area contributed by atoms with E-state index in [-0.39, 0.29) is 11.5 Å². The fourth-order valence-corrected chi connectivity index (χ4v) is 4.25. The number of piperidine rings is 1. The van der Waals surface area contributed by atoms with Gasteiger partial charge < -0.3 is 4.90 Å². The number of nitrogens with zero attached hydrogens (tertiary/aromatic N) is 3. The van der Waals surface area contributed by atoms with Crippen molar-refractivity contribution in [3.8, 4) is 0 Å². The summed E-state index contributed by atoms with van der Waals surface area (Å²) in [5, 5.41) is 0.438. The van der Waals surface area contributed by atoms with Gasteiger partial charge in [0.2, 0.25) is 5.91 Å². The van der Waals surface area contributed by atoms with Gasteiger partial charge in [0.25, 0.3) is 5.56 Å². The average Bonchev–Trinajstić information content (AvgIpc) is 2.71. The summed E-state index contributed by atoms with van der Waals surface area (Å²) in [5.74, 6) is 0.663. The van der Waals surface area contributed by atoms with E-state index in [1.165, 1.54) is 18.2 Å². The van der Waals surface area contributed by atoms with Crippen molar-refractivity contribution >= 4 is 16.8 Å². The van der Waals surface area contributed by atoms with Gasteiger partial charge >= 0.3 is 0 Å². The molecular formula is C24H26FN3O2. The van der Waals surface area contributed by atoms with Gasteiger partial charge in [0.15, 0.2) is 0 Å². The van der Waals surface area contributed by atoms with Gasteiger partial charge in [-0.2, -0.15) is 0 Å². The lowest BCUT2D eigenvalue weighted by molar-refractivity contribution is -0.131. The van der Waals surface area contributed by atoms with Gasteiger partial charge in [0.05, 0.1) is 17.3 Å². The number of carbonyl (C=O) groups is 1. The Morgan fingerprint density at radius 2 is 1.90 bits per heavy atom. The van der Waals surface area contributed by atoms with Gasteiger partial charge in [-0.05, 0) is 50.3 Å². The van der Waals surface area contributed by atoms with Crippen LogP contribution in [-0.2, 0) is 17.8 Å². The van der Waals surface area contributed by atoms with E-state index in [9.17, 15) is 14.0 Å². The van der Waals surface area contributed by atoms with Crippen LogP contribution in [0.2, 0.25) is 0 Å². The van der Waals surface area contributed by atoms with Crippen LogP contribution in [0, 0.1) is 25.6 Å². The fourth-order valence-electron chi connectivity index (χ4n) is 4.25. The minimum absolute atomic E-state index is 0.129. The van der Waals surface area contributed by atoms with Crippen molar-refractivity contribution in [2.75, 3.05) is 13.1 Å². The molecule has 0 bridgehead atoms. The van der Waals surface area contributed by atoms with Crippen LogP contribution in [0.1, 0.15) is 29.8 Å². The number of hydrogen-bond donors (Lipinski definition) is 0. The molecule has 0 N–H and O–H groups in total. The molecule has 0 aliphatic carbocycles. The van der Waals surface area contributed by atoms with E-state index in [1.54, 1.807) is 11.5 Å². The molecule has 1 amide bonds. The Labute approximate surface area is 175 Å². The summed E-state index contributed by atoms with van der Waals surface area (Å²) in [5.41, 5.74) is 2.47. The Balaban J connectivity index is 1.41. The van der Waals surface area contributed by atoms with E-state index < -0.39 is 5.82 Å². The average molecular weight is 407 g/mol. The molecule has 1 aliphatic heterocycles. The molecule has 3 aromatic rings. The zero-order valence-corrected chi connectivity index (χ0v) is 17.4. The maximum absolute atomic E-state index is 13.5. The summed E-state index contributed by atoms with van der Waals surface area (Å²) < 4.78 is 15.1. The van der Waals surface area contributed by atoms with Crippen LogP contribution in [0.15, 0.2) is 47.3 Å². The lowest BCUT2D eigenvalue weighted by Crippen LogP contribution is -2.41. The Kier molecular flexibility index (Phi) is 5.66. The zero-order valence-electron chi connectivity index (χ0n) is 17.4. The van der Waals surface area contributed by atoms with E-state index >= 15 is 0 Å². The quantitative estimate of drug-likeness (QED) is 0.664. The van der Waals surface area contributed by atoms with Crippen LogP contribution in [0.4, 0.5) is 4.39 Å². The highest BCUT2D eigenvalue weighted by molar-refractivity contribution is 5.79. The smallest absolute Gasteiger partial charge is 0.261 e. The number of likely N-dealkylation sites (tertiary alicyclic amines) is 1. The first-order valence-electron chi connectivity index (χ1n) is 10.4. The Morgan fingerprint density at radius 1 is 1.13 bits per heavy atom. The lowest BCUT2D eigenvalue weighted by atomic mass is 9.96. The van der Waals surface area contributed by atoms with Crippen LogP contribution in [-0.4, -0.2) is 33.4 Å². The number of rotatable bonds is 4. The standard InChI is InChI=1S/C24H26FN3O2/c1-16-4-3-5-19(12-16)13-23(29)27-10-8-18(9-11-27)15-28-17(2)26-22-14-20(25)6-7-21(22)24(28)30/h3-7,12,14,18H,8-11,13,15H2,1-2H3. The monoisotopic (exact) mass is 407 g/mol. The third kappa shape index (κ3) is 4.27. The zero-order chi connectivity index (χ0) is 21.3. The molecule has 2 aromatic carbocycles. The minimum Gasteiger partial charge on any atom is -0.342 e. The normalized spacial score (nSPS) is 15.0. The number of aryl methyl sites for hydroxylation is 2. The Morgan fingerprint density at radius 3 is 2.63 bits per heavy atom. The molecule has 1 saturated heterocycles. The number of aromatic nitrogens is 2. The summed E-state index contributed by atoms with van der Waals surface area (Å²) in [6, 6.07) is 12.2. The van der Waals surface area contributed by atoms with E-state index in [0.29, 0.717) is 48.7 Å². The van der Waals surface area contributed by atoms with Crippen LogP contribution in [0.3, 0.4) is 0 Å². The molecule has 0 radical (unpaired) electrons. The minimum atomic E-state index is -0.394. The molecular weight excluding hydrogens is 381 g/mol. The molecule has 1 aromatic heterocycles. The highest BCUT2D eigenvalue weighted by Gasteiger charge is 2.24. The molecule has 6 heteroatoms. The molecule has 156 valence electrons. The second-order valence-corrected chi connectivity index (χ2v) is 8.23. The van der Waals surface area contributed by atoms with E-state index in [0.717, 1.165) is 24.0 Å². The van der Waals surface area contributed by atoms with Crippen molar-refractivity contribution in [1.29, 1.82) is 0 Å². The Bertz CT molecular complexity index is 1150. The predicted octanol–water partition coefficient (Wildman–Crippen LogP) is 3.63. The van der Waals surface area contributed by atoms with Crippen LogP contribution >= 0.6 is 0 Å². The number of halogens is 1. The number of fused-ring (bicyclic) bond motifs is 1. The summed E-state index contributed by atoms with van der Waals surface area (Å²) in [4.78, 5) is 31.9. The first kappa shape index (κ1) is 20.3. The predicted molar refractivity (Wildman–Crippen MR) is 115 cm³/mol.